The lowest BCUT2D eigenvalue weighted by molar-refractivity contribution is 0.420. The Balaban J connectivity index is 2.00. The van der Waals surface area contributed by atoms with Crippen molar-refractivity contribution in [3.63, 3.8) is 0 Å². The van der Waals surface area contributed by atoms with E-state index in [-0.39, 0.29) is 0 Å². The monoisotopic (exact) mass is 238 g/mol. The first-order chi connectivity index (χ1) is 8.74. The Morgan fingerprint density at radius 1 is 1.22 bits per heavy atom. The first kappa shape index (κ1) is 11.3. The SMILES string of the molecule is Cc1cc(N)cnc1-c1cccc(C2CCC2)c1. The zero-order valence-corrected chi connectivity index (χ0v) is 10.7. The smallest absolute Gasteiger partial charge is 0.0732 e. The van der Waals surface area contributed by atoms with Gasteiger partial charge in [0, 0.05) is 5.56 Å². The van der Waals surface area contributed by atoms with Gasteiger partial charge >= 0.3 is 0 Å². The quantitative estimate of drug-likeness (QED) is 0.861. The van der Waals surface area contributed by atoms with Crippen LogP contribution < -0.4 is 5.73 Å². The van der Waals surface area contributed by atoms with Gasteiger partial charge in [-0.3, -0.25) is 4.98 Å². The summed E-state index contributed by atoms with van der Waals surface area (Å²) in [5.41, 5.74) is 11.3. The van der Waals surface area contributed by atoms with Crippen LogP contribution in [0.25, 0.3) is 11.3 Å². The molecule has 0 radical (unpaired) electrons. The van der Waals surface area contributed by atoms with E-state index < -0.39 is 0 Å². The van der Waals surface area contributed by atoms with Gasteiger partial charge in [0.2, 0.25) is 0 Å². The van der Waals surface area contributed by atoms with E-state index in [1.807, 2.05) is 6.07 Å². The molecule has 3 rings (SSSR count). The van der Waals surface area contributed by atoms with E-state index in [4.69, 9.17) is 5.73 Å². The molecule has 0 atom stereocenters. The van der Waals surface area contributed by atoms with Crippen LogP contribution in [-0.2, 0) is 0 Å². The summed E-state index contributed by atoms with van der Waals surface area (Å²) in [7, 11) is 0. The summed E-state index contributed by atoms with van der Waals surface area (Å²) in [6, 6.07) is 10.8. The molecular formula is C16H18N2. The third-order valence-corrected chi connectivity index (χ3v) is 3.84. The molecule has 1 aliphatic carbocycles. The van der Waals surface area contributed by atoms with Crippen molar-refractivity contribution < 1.29 is 0 Å². The number of anilines is 1. The van der Waals surface area contributed by atoms with Crippen molar-refractivity contribution in [1.82, 2.24) is 4.98 Å². The van der Waals surface area contributed by atoms with Crippen molar-refractivity contribution in [3.05, 3.63) is 47.7 Å². The van der Waals surface area contributed by atoms with E-state index in [0.29, 0.717) is 0 Å². The Morgan fingerprint density at radius 2 is 2.06 bits per heavy atom. The number of nitrogen functional groups attached to an aromatic ring is 1. The second-order valence-electron chi connectivity index (χ2n) is 5.19. The Hall–Kier alpha value is -1.83. The maximum atomic E-state index is 5.75. The molecule has 0 aliphatic heterocycles. The molecule has 0 bridgehead atoms. The summed E-state index contributed by atoms with van der Waals surface area (Å²) in [5, 5.41) is 0. The molecular weight excluding hydrogens is 220 g/mol. The molecule has 0 amide bonds. The number of hydrogen-bond donors (Lipinski definition) is 1. The van der Waals surface area contributed by atoms with Crippen LogP contribution in [0.5, 0.6) is 0 Å². The number of nitrogens with zero attached hydrogens (tertiary/aromatic N) is 1. The molecule has 2 aromatic rings. The molecule has 1 saturated carbocycles. The molecule has 1 heterocycles. The number of rotatable bonds is 2. The van der Waals surface area contributed by atoms with Gasteiger partial charge in [0.15, 0.2) is 0 Å². The summed E-state index contributed by atoms with van der Waals surface area (Å²) in [6.07, 6.45) is 5.77. The third-order valence-electron chi connectivity index (χ3n) is 3.84. The summed E-state index contributed by atoms with van der Waals surface area (Å²) < 4.78 is 0. The van der Waals surface area contributed by atoms with Crippen molar-refractivity contribution in [2.45, 2.75) is 32.1 Å². The lowest BCUT2D eigenvalue weighted by atomic mass is 9.79. The van der Waals surface area contributed by atoms with Crippen LogP contribution in [0.3, 0.4) is 0 Å². The second kappa shape index (κ2) is 4.45. The van der Waals surface area contributed by atoms with Gasteiger partial charge in [-0.15, -0.1) is 0 Å². The first-order valence-electron chi connectivity index (χ1n) is 6.56. The minimum absolute atomic E-state index is 0.728. The van der Waals surface area contributed by atoms with Gasteiger partial charge in [-0.2, -0.15) is 0 Å². The van der Waals surface area contributed by atoms with Gasteiger partial charge in [0.25, 0.3) is 0 Å². The van der Waals surface area contributed by atoms with Gasteiger partial charge < -0.3 is 5.73 Å². The summed E-state index contributed by atoms with van der Waals surface area (Å²) in [6.45, 7) is 2.06. The van der Waals surface area contributed by atoms with E-state index in [1.54, 1.807) is 6.20 Å². The van der Waals surface area contributed by atoms with E-state index in [1.165, 1.54) is 30.4 Å². The fraction of sp³-hybridized carbons (Fsp3) is 0.312. The normalized spacial score (nSPS) is 15.4. The summed E-state index contributed by atoms with van der Waals surface area (Å²) >= 11 is 0. The molecule has 1 fully saturated rings. The molecule has 0 spiro atoms. The van der Waals surface area contributed by atoms with Gasteiger partial charge in [0.05, 0.1) is 17.6 Å². The molecule has 2 N–H and O–H groups in total. The summed E-state index contributed by atoms with van der Waals surface area (Å²) in [4.78, 5) is 4.47. The number of aryl methyl sites for hydroxylation is 1. The lowest BCUT2D eigenvalue weighted by Crippen LogP contribution is -2.08. The standard InChI is InChI=1S/C16H18N2/c1-11-8-15(17)10-18-16(11)14-7-3-6-13(9-14)12-4-2-5-12/h3,6-10,12H,2,4-5,17H2,1H3. The topological polar surface area (TPSA) is 38.9 Å². The third kappa shape index (κ3) is 1.99. The number of hydrogen-bond acceptors (Lipinski definition) is 2. The van der Waals surface area contributed by atoms with Crippen molar-refractivity contribution >= 4 is 5.69 Å². The van der Waals surface area contributed by atoms with Crippen LogP contribution in [0.4, 0.5) is 5.69 Å². The Bertz CT molecular complexity index is 571. The maximum Gasteiger partial charge on any atom is 0.0732 e. The molecule has 1 aromatic heterocycles. The van der Waals surface area contributed by atoms with Gasteiger partial charge in [-0.05, 0) is 48.9 Å². The van der Waals surface area contributed by atoms with Crippen LogP contribution in [0, 0.1) is 6.92 Å². The molecule has 18 heavy (non-hydrogen) atoms. The Morgan fingerprint density at radius 3 is 2.72 bits per heavy atom. The Kier molecular flexibility index (Phi) is 2.78. The first-order valence-corrected chi connectivity index (χ1v) is 6.56. The minimum atomic E-state index is 0.728. The highest BCUT2D eigenvalue weighted by Crippen LogP contribution is 2.37. The van der Waals surface area contributed by atoms with Crippen LogP contribution in [-0.4, -0.2) is 4.98 Å². The molecule has 1 aliphatic rings. The van der Waals surface area contributed by atoms with Crippen LogP contribution in [0.1, 0.15) is 36.3 Å². The van der Waals surface area contributed by atoms with Crippen LogP contribution in [0.15, 0.2) is 36.5 Å². The predicted octanol–water partition coefficient (Wildman–Crippen LogP) is 3.91. The Labute approximate surface area is 108 Å². The highest BCUT2D eigenvalue weighted by molar-refractivity contribution is 5.65. The number of pyridine rings is 1. The molecule has 2 nitrogen and oxygen atoms in total. The van der Waals surface area contributed by atoms with Crippen molar-refractivity contribution in [2.24, 2.45) is 0 Å². The maximum absolute atomic E-state index is 5.75. The number of nitrogens with two attached hydrogens (primary N) is 1. The highest BCUT2D eigenvalue weighted by Gasteiger charge is 2.19. The average Bonchev–Trinajstić information content (AvgIpc) is 2.27. The molecule has 0 saturated heterocycles. The predicted molar refractivity (Wildman–Crippen MR) is 75.4 cm³/mol. The number of aromatic nitrogens is 1. The molecule has 0 unspecified atom stereocenters. The van der Waals surface area contributed by atoms with E-state index >= 15 is 0 Å². The van der Waals surface area contributed by atoms with E-state index in [9.17, 15) is 0 Å². The largest absolute Gasteiger partial charge is 0.397 e. The number of benzene rings is 1. The molecule has 2 heteroatoms. The second-order valence-corrected chi connectivity index (χ2v) is 5.19. The van der Waals surface area contributed by atoms with E-state index in [0.717, 1.165) is 22.9 Å². The van der Waals surface area contributed by atoms with Gasteiger partial charge in [-0.25, -0.2) is 0 Å². The zero-order valence-electron chi connectivity index (χ0n) is 10.7. The fourth-order valence-electron chi connectivity index (χ4n) is 2.58. The minimum Gasteiger partial charge on any atom is -0.397 e. The van der Waals surface area contributed by atoms with Gasteiger partial charge in [-0.1, -0.05) is 24.6 Å². The van der Waals surface area contributed by atoms with Crippen molar-refractivity contribution in [1.29, 1.82) is 0 Å². The zero-order chi connectivity index (χ0) is 12.5. The lowest BCUT2D eigenvalue weighted by Gasteiger charge is -2.26. The van der Waals surface area contributed by atoms with Crippen molar-refractivity contribution in [3.8, 4) is 11.3 Å². The van der Waals surface area contributed by atoms with Crippen molar-refractivity contribution in [2.75, 3.05) is 5.73 Å². The van der Waals surface area contributed by atoms with E-state index in [2.05, 4.69) is 36.2 Å². The van der Waals surface area contributed by atoms with Crippen LogP contribution >= 0.6 is 0 Å². The fourth-order valence-corrected chi connectivity index (χ4v) is 2.58. The average molecular weight is 238 g/mol. The molecule has 1 aromatic carbocycles. The molecule has 92 valence electrons. The van der Waals surface area contributed by atoms with Gasteiger partial charge in [0.1, 0.15) is 0 Å². The highest BCUT2D eigenvalue weighted by atomic mass is 14.7. The van der Waals surface area contributed by atoms with Crippen LogP contribution in [0.2, 0.25) is 0 Å². The summed E-state index contributed by atoms with van der Waals surface area (Å²) in [5.74, 6) is 0.763.